The van der Waals surface area contributed by atoms with Crippen LogP contribution >= 0.6 is 11.6 Å². The van der Waals surface area contributed by atoms with Gasteiger partial charge in [0.25, 0.3) is 0 Å². The van der Waals surface area contributed by atoms with Crippen molar-refractivity contribution in [1.29, 1.82) is 0 Å². The number of benzene rings is 1. The number of hydrogen-bond donors (Lipinski definition) is 1. The molecule has 3 rings (SSSR count). The fourth-order valence-corrected chi connectivity index (χ4v) is 3.56. The predicted molar refractivity (Wildman–Crippen MR) is 97.0 cm³/mol. The first-order chi connectivity index (χ1) is 12.1. The van der Waals surface area contributed by atoms with Gasteiger partial charge in [-0.1, -0.05) is 11.6 Å². The molecule has 2 heterocycles. The van der Waals surface area contributed by atoms with Gasteiger partial charge in [-0.25, -0.2) is 4.79 Å². The van der Waals surface area contributed by atoms with Gasteiger partial charge in [-0.15, -0.1) is 0 Å². The molecule has 0 bridgehead atoms. The molecule has 2 saturated heterocycles. The minimum Gasteiger partial charge on any atom is -0.491 e. The van der Waals surface area contributed by atoms with Crippen LogP contribution in [0, 0.1) is 0 Å². The molecule has 0 radical (unpaired) electrons. The maximum atomic E-state index is 11.4. The molecule has 2 fully saturated rings. The number of primary amides is 1. The Morgan fingerprint density at radius 3 is 2.92 bits per heavy atom. The first-order valence-electron chi connectivity index (χ1n) is 8.91. The first kappa shape index (κ1) is 18.3. The molecule has 7 heteroatoms. The van der Waals surface area contributed by atoms with Gasteiger partial charge in [0.15, 0.2) is 0 Å². The number of carbonyl (C=O) groups is 1. The van der Waals surface area contributed by atoms with Crippen LogP contribution in [0.2, 0.25) is 5.02 Å². The molecule has 25 heavy (non-hydrogen) atoms. The number of nitrogens with two attached hydrogens (primary N) is 1. The van der Waals surface area contributed by atoms with Crippen LogP contribution in [0.25, 0.3) is 0 Å². The average molecular weight is 368 g/mol. The van der Waals surface area contributed by atoms with Gasteiger partial charge in [0.1, 0.15) is 12.4 Å². The zero-order valence-electron chi connectivity index (χ0n) is 14.5. The molecule has 1 unspecified atom stereocenters. The smallest absolute Gasteiger partial charge is 0.314 e. The average Bonchev–Trinajstić information content (AvgIpc) is 2.99. The molecule has 0 aromatic heterocycles. The minimum atomic E-state index is -0.342. The largest absolute Gasteiger partial charge is 0.491 e. The van der Waals surface area contributed by atoms with Gasteiger partial charge in [0, 0.05) is 49.9 Å². The highest BCUT2D eigenvalue weighted by molar-refractivity contribution is 6.30. The third-order valence-corrected chi connectivity index (χ3v) is 5.00. The lowest BCUT2D eigenvalue weighted by Gasteiger charge is -2.22. The van der Waals surface area contributed by atoms with Crippen LogP contribution in [-0.2, 0) is 11.3 Å². The Hall–Kier alpha value is -1.50. The van der Waals surface area contributed by atoms with Gasteiger partial charge in [0.2, 0.25) is 0 Å². The Morgan fingerprint density at radius 2 is 2.16 bits per heavy atom. The van der Waals surface area contributed by atoms with E-state index in [2.05, 4.69) is 4.90 Å². The number of ether oxygens (including phenoxy) is 2. The molecule has 0 aliphatic carbocycles. The van der Waals surface area contributed by atoms with Crippen LogP contribution in [0.15, 0.2) is 18.2 Å². The molecule has 0 spiro atoms. The normalized spacial score (nSPS) is 22.0. The maximum absolute atomic E-state index is 11.4. The second kappa shape index (κ2) is 8.74. The minimum absolute atomic E-state index is 0.186. The quantitative estimate of drug-likeness (QED) is 0.868. The van der Waals surface area contributed by atoms with Crippen LogP contribution in [0.5, 0.6) is 5.75 Å². The lowest BCUT2D eigenvalue weighted by molar-refractivity contribution is 0.0673. The van der Waals surface area contributed by atoms with E-state index in [-0.39, 0.29) is 12.1 Å². The van der Waals surface area contributed by atoms with Crippen LogP contribution < -0.4 is 10.5 Å². The summed E-state index contributed by atoms with van der Waals surface area (Å²) in [6.45, 7) is 5.22. The number of hydrogen-bond acceptors (Lipinski definition) is 4. The second-order valence-corrected chi connectivity index (χ2v) is 7.09. The summed E-state index contributed by atoms with van der Waals surface area (Å²) < 4.78 is 11.6. The number of rotatable bonds is 5. The van der Waals surface area contributed by atoms with Gasteiger partial charge >= 0.3 is 6.03 Å². The van der Waals surface area contributed by atoms with E-state index in [1.807, 2.05) is 18.2 Å². The summed E-state index contributed by atoms with van der Waals surface area (Å²) in [6.07, 6.45) is 3.25. The molecule has 2 N–H and O–H groups in total. The zero-order valence-corrected chi connectivity index (χ0v) is 15.2. The van der Waals surface area contributed by atoms with Gasteiger partial charge in [-0.05, 0) is 37.5 Å². The van der Waals surface area contributed by atoms with Crippen molar-refractivity contribution in [2.45, 2.75) is 31.9 Å². The number of carbonyl (C=O) groups excluding carboxylic acids is 1. The second-order valence-electron chi connectivity index (χ2n) is 6.65. The Bertz CT molecular complexity index is 593. The Balaban J connectivity index is 1.62. The van der Waals surface area contributed by atoms with Gasteiger partial charge < -0.3 is 20.1 Å². The van der Waals surface area contributed by atoms with E-state index in [9.17, 15) is 4.79 Å². The van der Waals surface area contributed by atoms with Crippen molar-refractivity contribution in [3.63, 3.8) is 0 Å². The third-order valence-electron chi connectivity index (χ3n) is 4.77. The summed E-state index contributed by atoms with van der Waals surface area (Å²) in [5, 5.41) is 0.702. The first-order valence-corrected chi connectivity index (χ1v) is 9.29. The molecule has 2 amide bonds. The summed E-state index contributed by atoms with van der Waals surface area (Å²) in [6, 6.07) is 5.40. The number of amides is 2. The lowest BCUT2D eigenvalue weighted by Crippen LogP contribution is -2.38. The van der Waals surface area contributed by atoms with Crippen LogP contribution in [0.4, 0.5) is 4.79 Å². The van der Waals surface area contributed by atoms with Crippen LogP contribution in [0.1, 0.15) is 24.8 Å². The summed E-state index contributed by atoms with van der Waals surface area (Å²) >= 11 is 6.19. The topological polar surface area (TPSA) is 68.0 Å². The Labute approximate surface area is 153 Å². The zero-order chi connectivity index (χ0) is 17.6. The standard InChI is InChI=1S/C18H26ClN3O3/c19-15-4-5-17(25-13-16-3-1-10-24-16)14(11-15)12-21-6-2-7-22(9-8-21)18(20)23/h4-5,11,16H,1-3,6-10,12-13H2,(H2,20,23). The molecule has 2 aliphatic heterocycles. The Morgan fingerprint density at radius 1 is 1.28 bits per heavy atom. The highest BCUT2D eigenvalue weighted by Gasteiger charge is 2.20. The van der Waals surface area contributed by atoms with E-state index in [1.165, 1.54) is 0 Å². The van der Waals surface area contributed by atoms with E-state index in [0.29, 0.717) is 24.7 Å². The number of nitrogens with zero attached hydrogens (tertiary/aromatic N) is 2. The predicted octanol–water partition coefficient (Wildman–Crippen LogP) is 2.48. The van der Waals surface area contributed by atoms with Crippen molar-refractivity contribution in [1.82, 2.24) is 9.80 Å². The maximum Gasteiger partial charge on any atom is 0.314 e. The molecular weight excluding hydrogens is 342 g/mol. The molecule has 1 aromatic rings. The molecule has 6 nitrogen and oxygen atoms in total. The molecule has 0 saturated carbocycles. The summed E-state index contributed by atoms with van der Waals surface area (Å²) in [5.74, 6) is 0.857. The summed E-state index contributed by atoms with van der Waals surface area (Å²) in [5.41, 5.74) is 6.46. The van der Waals surface area contributed by atoms with Crippen LogP contribution in [0.3, 0.4) is 0 Å². The molecule has 1 atom stereocenters. The number of urea groups is 1. The third kappa shape index (κ3) is 5.23. The van der Waals surface area contributed by atoms with E-state index in [4.69, 9.17) is 26.8 Å². The summed E-state index contributed by atoms with van der Waals surface area (Å²) in [7, 11) is 0. The van der Waals surface area contributed by atoms with E-state index in [0.717, 1.165) is 56.8 Å². The van der Waals surface area contributed by atoms with Crippen molar-refractivity contribution >= 4 is 17.6 Å². The van der Waals surface area contributed by atoms with E-state index in [1.54, 1.807) is 4.90 Å². The van der Waals surface area contributed by atoms with Gasteiger partial charge in [-0.2, -0.15) is 0 Å². The highest BCUT2D eigenvalue weighted by atomic mass is 35.5. The Kier molecular flexibility index (Phi) is 6.39. The SMILES string of the molecule is NC(=O)N1CCCN(Cc2cc(Cl)ccc2OCC2CCCO2)CC1. The molecular formula is C18H26ClN3O3. The molecule has 138 valence electrons. The fraction of sp³-hybridized carbons (Fsp3) is 0.611. The van der Waals surface area contributed by atoms with E-state index >= 15 is 0 Å². The highest BCUT2D eigenvalue weighted by Crippen LogP contribution is 2.26. The van der Waals surface area contributed by atoms with Crippen molar-refractivity contribution in [3.8, 4) is 5.75 Å². The van der Waals surface area contributed by atoms with Gasteiger partial charge in [0.05, 0.1) is 6.10 Å². The van der Waals surface area contributed by atoms with Crippen LogP contribution in [-0.4, -0.2) is 61.3 Å². The number of halogens is 1. The molecule has 1 aromatic carbocycles. The lowest BCUT2D eigenvalue weighted by atomic mass is 10.1. The summed E-state index contributed by atoms with van der Waals surface area (Å²) in [4.78, 5) is 15.4. The van der Waals surface area contributed by atoms with Crippen molar-refractivity contribution in [3.05, 3.63) is 28.8 Å². The van der Waals surface area contributed by atoms with Gasteiger partial charge in [-0.3, -0.25) is 4.90 Å². The molecule has 2 aliphatic rings. The van der Waals surface area contributed by atoms with E-state index < -0.39 is 0 Å². The monoisotopic (exact) mass is 367 g/mol. The van der Waals surface area contributed by atoms with Crippen molar-refractivity contribution in [2.75, 3.05) is 39.4 Å². The van der Waals surface area contributed by atoms with Crippen molar-refractivity contribution < 1.29 is 14.3 Å². The fourth-order valence-electron chi connectivity index (χ4n) is 3.36. The van der Waals surface area contributed by atoms with Crippen molar-refractivity contribution in [2.24, 2.45) is 5.73 Å².